The van der Waals surface area contributed by atoms with Crippen LogP contribution in [0, 0.1) is 17.8 Å². The van der Waals surface area contributed by atoms with E-state index >= 15 is 0 Å². The lowest BCUT2D eigenvalue weighted by Crippen LogP contribution is -2.60. The first-order chi connectivity index (χ1) is 9.72. The number of hydrogen-bond acceptors (Lipinski definition) is 5. The number of nitrogens with zero attached hydrogens (tertiary/aromatic N) is 3. The largest absolute Gasteiger partial charge is 0.333 e. The second-order valence-corrected chi connectivity index (χ2v) is 6.89. The van der Waals surface area contributed by atoms with Gasteiger partial charge in [-0.3, -0.25) is 9.59 Å². The highest BCUT2D eigenvalue weighted by Gasteiger charge is 2.51. The van der Waals surface area contributed by atoms with E-state index in [1.807, 2.05) is 26.8 Å². The van der Waals surface area contributed by atoms with Crippen molar-refractivity contribution in [3.63, 3.8) is 0 Å². The van der Waals surface area contributed by atoms with Gasteiger partial charge in [0.05, 0.1) is 0 Å². The molecule has 0 saturated carbocycles. The molecule has 0 unspecified atom stereocenters. The minimum absolute atomic E-state index is 0.0363. The van der Waals surface area contributed by atoms with Crippen LogP contribution in [-0.2, 0) is 4.79 Å². The third-order valence-electron chi connectivity index (χ3n) is 4.30. The van der Waals surface area contributed by atoms with E-state index in [1.54, 1.807) is 11.8 Å². The van der Waals surface area contributed by atoms with E-state index in [0.717, 1.165) is 12.0 Å². The Bertz CT molecular complexity index is 651. The molecule has 0 bridgehead atoms. The maximum Gasteiger partial charge on any atom is 0.316 e. The standard InChI is InChI=1S/C15H19N3O3/c1-9-5-15(6-14(3,4)11(9)19)7-18(8-15)13(20)12-16-10(2)17-21-12/h5H,6-8H2,1-4H3. The summed E-state index contributed by atoms with van der Waals surface area (Å²) in [7, 11) is 0. The van der Waals surface area contributed by atoms with Crippen LogP contribution in [0.4, 0.5) is 0 Å². The zero-order valence-corrected chi connectivity index (χ0v) is 12.8. The summed E-state index contributed by atoms with van der Waals surface area (Å²) in [5.74, 6) is 0.454. The summed E-state index contributed by atoms with van der Waals surface area (Å²) >= 11 is 0. The summed E-state index contributed by atoms with van der Waals surface area (Å²) in [6.45, 7) is 8.68. The summed E-state index contributed by atoms with van der Waals surface area (Å²) < 4.78 is 4.92. The molecular weight excluding hydrogens is 270 g/mol. The number of likely N-dealkylation sites (tertiary alicyclic amines) is 1. The van der Waals surface area contributed by atoms with Crippen molar-refractivity contribution in [3.8, 4) is 0 Å². The second-order valence-electron chi connectivity index (χ2n) is 6.89. The molecular formula is C15H19N3O3. The van der Waals surface area contributed by atoms with E-state index in [-0.39, 0.29) is 28.4 Å². The van der Waals surface area contributed by atoms with Crippen LogP contribution in [0.2, 0.25) is 0 Å². The van der Waals surface area contributed by atoms with Crippen LogP contribution >= 0.6 is 0 Å². The fourth-order valence-corrected chi connectivity index (χ4v) is 3.65. The van der Waals surface area contributed by atoms with Crippen LogP contribution in [0.3, 0.4) is 0 Å². The molecule has 1 aromatic heterocycles. The molecule has 112 valence electrons. The smallest absolute Gasteiger partial charge is 0.316 e. The molecule has 1 aliphatic heterocycles. The number of hydrogen-bond donors (Lipinski definition) is 0. The van der Waals surface area contributed by atoms with Gasteiger partial charge in [0, 0.05) is 23.9 Å². The number of Topliss-reactive ketones (excluding diaryl/α,β-unsaturated/α-hetero) is 1. The van der Waals surface area contributed by atoms with E-state index < -0.39 is 0 Å². The molecule has 0 N–H and O–H groups in total. The van der Waals surface area contributed by atoms with E-state index in [4.69, 9.17) is 4.52 Å². The van der Waals surface area contributed by atoms with E-state index in [0.29, 0.717) is 18.9 Å². The van der Waals surface area contributed by atoms with Crippen LogP contribution in [0.15, 0.2) is 16.2 Å². The molecule has 3 rings (SSSR count). The molecule has 1 spiro atoms. The number of rotatable bonds is 1. The predicted octanol–water partition coefficient (Wildman–Crippen LogP) is 1.77. The minimum Gasteiger partial charge on any atom is -0.333 e. The molecule has 21 heavy (non-hydrogen) atoms. The molecule has 6 nitrogen and oxygen atoms in total. The van der Waals surface area contributed by atoms with Gasteiger partial charge < -0.3 is 9.42 Å². The van der Waals surface area contributed by atoms with Crippen LogP contribution in [0.5, 0.6) is 0 Å². The van der Waals surface area contributed by atoms with Gasteiger partial charge in [-0.2, -0.15) is 4.98 Å². The second kappa shape index (κ2) is 4.26. The maximum absolute atomic E-state index is 12.2. The molecule has 2 heterocycles. The number of carbonyl (C=O) groups excluding carboxylic acids is 2. The van der Waals surface area contributed by atoms with Gasteiger partial charge in [0.25, 0.3) is 0 Å². The van der Waals surface area contributed by atoms with Crippen LogP contribution in [0.1, 0.15) is 43.7 Å². The highest BCUT2D eigenvalue weighted by atomic mass is 16.5. The van der Waals surface area contributed by atoms with Crippen molar-refractivity contribution < 1.29 is 14.1 Å². The Labute approximate surface area is 123 Å². The monoisotopic (exact) mass is 289 g/mol. The minimum atomic E-state index is -0.366. The van der Waals surface area contributed by atoms with Gasteiger partial charge in [0.15, 0.2) is 11.6 Å². The lowest BCUT2D eigenvalue weighted by atomic mass is 9.61. The fourth-order valence-electron chi connectivity index (χ4n) is 3.65. The number of amides is 1. The number of aromatic nitrogens is 2. The average Bonchev–Trinajstić information content (AvgIpc) is 2.78. The third kappa shape index (κ3) is 2.18. The third-order valence-corrected chi connectivity index (χ3v) is 4.30. The number of allylic oxidation sites excluding steroid dienone is 1. The van der Waals surface area contributed by atoms with Gasteiger partial charge in [0.2, 0.25) is 0 Å². The van der Waals surface area contributed by atoms with E-state index in [2.05, 4.69) is 10.1 Å². The molecule has 1 aromatic rings. The van der Waals surface area contributed by atoms with Crippen molar-refractivity contribution >= 4 is 11.7 Å². The number of carbonyl (C=O) groups is 2. The molecule has 1 fully saturated rings. The number of aryl methyl sites for hydroxylation is 1. The summed E-state index contributed by atoms with van der Waals surface area (Å²) in [6, 6.07) is 0. The molecule has 1 saturated heterocycles. The van der Waals surface area contributed by atoms with Gasteiger partial charge in [0.1, 0.15) is 0 Å². The Morgan fingerprint density at radius 2 is 2.00 bits per heavy atom. The quantitative estimate of drug-likeness (QED) is 0.787. The Balaban J connectivity index is 1.76. The van der Waals surface area contributed by atoms with Gasteiger partial charge in [-0.25, -0.2) is 0 Å². The SMILES string of the molecule is CC1=CC2(CN(C(=O)c3nc(C)no3)C2)CC(C)(C)C1=O. The van der Waals surface area contributed by atoms with Gasteiger partial charge in [-0.05, 0) is 25.8 Å². The summed E-state index contributed by atoms with van der Waals surface area (Å²) in [5.41, 5.74) is 0.341. The molecule has 1 amide bonds. The Morgan fingerprint density at radius 1 is 1.33 bits per heavy atom. The summed E-state index contributed by atoms with van der Waals surface area (Å²) in [6.07, 6.45) is 2.80. The number of ketones is 1. The van der Waals surface area contributed by atoms with Gasteiger partial charge in [-0.1, -0.05) is 25.1 Å². The summed E-state index contributed by atoms with van der Waals surface area (Å²) in [4.78, 5) is 30.0. The molecule has 0 radical (unpaired) electrons. The van der Waals surface area contributed by atoms with Gasteiger partial charge >= 0.3 is 11.8 Å². The van der Waals surface area contributed by atoms with Crippen molar-refractivity contribution in [1.82, 2.24) is 15.0 Å². The first-order valence-corrected chi connectivity index (χ1v) is 7.06. The lowest BCUT2D eigenvalue weighted by molar-refractivity contribution is -0.127. The molecule has 1 aliphatic carbocycles. The van der Waals surface area contributed by atoms with Crippen molar-refractivity contribution in [2.24, 2.45) is 10.8 Å². The molecule has 6 heteroatoms. The van der Waals surface area contributed by atoms with Crippen molar-refractivity contribution in [1.29, 1.82) is 0 Å². The van der Waals surface area contributed by atoms with Crippen LogP contribution < -0.4 is 0 Å². The van der Waals surface area contributed by atoms with Crippen molar-refractivity contribution in [3.05, 3.63) is 23.4 Å². The topological polar surface area (TPSA) is 76.3 Å². The predicted molar refractivity (Wildman–Crippen MR) is 74.5 cm³/mol. The zero-order chi connectivity index (χ0) is 15.4. The average molecular weight is 289 g/mol. The normalized spacial score (nSPS) is 23.0. The Kier molecular flexibility index (Phi) is 2.83. The molecule has 0 aromatic carbocycles. The lowest BCUT2D eigenvalue weighted by Gasteiger charge is -2.53. The van der Waals surface area contributed by atoms with Crippen LogP contribution in [0.25, 0.3) is 0 Å². The molecule has 2 aliphatic rings. The first kappa shape index (κ1) is 14.0. The maximum atomic E-state index is 12.2. The van der Waals surface area contributed by atoms with Crippen LogP contribution in [-0.4, -0.2) is 39.8 Å². The first-order valence-electron chi connectivity index (χ1n) is 7.06. The fraction of sp³-hybridized carbons (Fsp3) is 0.600. The Hall–Kier alpha value is -1.98. The highest BCUT2D eigenvalue weighted by Crippen LogP contribution is 2.48. The van der Waals surface area contributed by atoms with Crippen molar-refractivity contribution in [2.45, 2.75) is 34.1 Å². The summed E-state index contributed by atoms with van der Waals surface area (Å²) in [5, 5.41) is 3.64. The Morgan fingerprint density at radius 3 is 2.52 bits per heavy atom. The van der Waals surface area contributed by atoms with E-state index in [1.165, 1.54) is 0 Å². The van der Waals surface area contributed by atoms with Crippen molar-refractivity contribution in [2.75, 3.05) is 13.1 Å². The highest BCUT2D eigenvalue weighted by molar-refractivity contribution is 6.00. The van der Waals surface area contributed by atoms with E-state index in [9.17, 15) is 9.59 Å². The molecule has 0 atom stereocenters. The van der Waals surface area contributed by atoms with Gasteiger partial charge in [-0.15, -0.1) is 0 Å². The zero-order valence-electron chi connectivity index (χ0n) is 12.8.